The van der Waals surface area contributed by atoms with Gasteiger partial charge in [-0.15, -0.1) is 0 Å². The van der Waals surface area contributed by atoms with E-state index < -0.39 is 41.2 Å². The van der Waals surface area contributed by atoms with Gasteiger partial charge >= 0.3 is 6.18 Å². The lowest BCUT2D eigenvalue weighted by Crippen LogP contribution is -2.40. The molecule has 1 unspecified atom stereocenters. The summed E-state index contributed by atoms with van der Waals surface area (Å²) < 4.78 is 64.9. The first-order valence-corrected chi connectivity index (χ1v) is 9.68. The van der Waals surface area contributed by atoms with Crippen LogP contribution in [-0.2, 0) is 11.0 Å². The van der Waals surface area contributed by atoms with Crippen molar-refractivity contribution in [2.24, 2.45) is 0 Å². The monoisotopic (exact) mass is 460 g/mol. The van der Waals surface area contributed by atoms with Crippen molar-refractivity contribution < 1.29 is 36.6 Å². The summed E-state index contributed by atoms with van der Waals surface area (Å²) in [6, 6.07) is 14.1. The number of hydrogen-bond acceptors (Lipinski definition) is 4. The lowest BCUT2D eigenvalue weighted by molar-refractivity contribution is -0.137. The van der Waals surface area contributed by atoms with Crippen LogP contribution in [0.2, 0.25) is 0 Å². The number of nitrogens with one attached hydrogen (secondary N) is 2. The summed E-state index contributed by atoms with van der Waals surface area (Å²) in [5.74, 6) is -1.36. The van der Waals surface area contributed by atoms with Crippen molar-refractivity contribution >= 4 is 23.2 Å². The average Bonchev–Trinajstić information content (AvgIpc) is 2.79. The molecule has 2 amide bonds. The minimum atomic E-state index is -4.82. The Morgan fingerprint density at radius 2 is 1.61 bits per heavy atom. The number of anilines is 2. The van der Waals surface area contributed by atoms with E-state index in [2.05, 4.69) is 10.6 Å². The summed E-state index contributed by atoms with van der Waals surface area (Å²) in [6.45, 7) is -0.171. The Balaban J connectivity index is 1.52. The highest BCUT2D eigenvalue weighted by atomic mass is 19.4. The van der Waals surface area contributed by atoms with E-state index in [1.54, 1.807) is 24.3 Å². The number of ether oxygens (including phenoxy) is 2. The molecular formula is C23H16F4N2O4. The van der Waals surface area contributed by atoms with Crippen LogP contribution in [0.25, 0.3) is 0 Å². The minimum absolute atomic E-state index is 0.0667. The SMILES string of the molecule is O=C(Nc1ccc(NC(=O)C2COc3ccccc3O2)c(C(F)(F)F)c1)c1ccc(F)cc1. The molecule has 1 aliphatic heterocycles. The Labute approximate surface area is 185 Å². The molecule has 3 aromatic rings. The Kier molecular flexibility index (Phi) is 5.91. The van der Waals surface area contributed by atoms with Gasteiger partial charge in [-0.25, -0.2) is 4.39 Å². The van der Waals surface area contributed by atoms with Crippen molar-refractivity contribution in [3.8, 4) is 11.5 Å². The molecule has 1 heterocycles. The predicted molar refractivity (Wildman–Crippen MR) is 111 cm³/mol. The molecule has 3 aromatic carbocycles. The molecule has 33 heavy (non-hydrogen) atoms. The molecule has 0 aromatic heterocycles. The maximum Gasteiger partial charge on any atom is 0.418 e. The number of alkyl halides is 3. The third-order valence-electron chi connectivity index (χ3n) is 4.75. The highest BCUT2D eigenvalue weighted by Gasteiger charge is 2.36. The van der Waals surface area contributed by atoms with Gasteiger partial charge in [0.1, 0.15) is 12.4 Å². The van der Waals surface area contributed by atoms with Crippen molar-refractivity contribution in [1.82, 2.24) is 0 Å². The first-order valence-electron chi connectivity index (χ1n) is 9.68. The van der Waals surface area contributed by atoms with E-state index in [-0.39, 0.29) is 17.9 Å². The van der Waals surface area contributed by atoms with E-state index in [9.17, 15) is 27.2 Å². The second-order valence-corrected chi connectivity index (χ2v) is 7.07. The Bertz CT molecular complexity index is 1200. The van der Waals surface area contributed by atoms with Gasteiger partial charge in [0.25, 0.3) is 11.8 Å². The van der Waals surface area contributed by atoms with E-state index in [0.29, 0.717) is 17.6 Å². The largest absolute Gasteiger partial charge is 0.485 e. The maximum absolute atomic E-state index is 13.7. The highest BCUT2D eigenvalue weighted by Crippen LogP contribution is 2.37. The van der Waals surface area contributed by atoms with Crippen LogP contribution < -0.4 is 20.1 Å². The molecule has 0 spiro atoms. The van der Waals surface area contributed by atoms with Gasteiger partial charge in [-0.1, -0.05) is 12.1 Å². The second kappa shape index (κ2) is 8.81. The molecule has 4 rings (SSSR count). The summed E-state index contributed by atoms with van der Waals surface area (Å²) in [7, 11) is 0. The molecule has 6 nitrogen and oxygen atoms in total. The van der Waals surface area contributed by atoms with E-state index in [4.69, 9.17) is 9.47 Å². The van der Waals surface area contributed by atoms with Gasteiger partial charge in [0.2, 0.25) is 6.10 Å². The molecule has 170 valence electrons. The van der Waals surface area contributed by atoms with Crippen LogP contribution in [0.1, 0.15) is 15.9 Å². The standard InChI is InChI=1S/C23H16F4N2O4/c24-14-7-5-13(6-8-14)21(30)28-15-9-10-17(16(11-15)23(25,26)27)29-22(31)20-12-32-18-3-1-2-4-19(18)33-20/h1-11,20H,12H2,(H,28,30)(H,29,31). The van der Waals surface area contributed by atoms with Gasteiger partial charge in [0.15, 0.2) is 11.5 Å². The Morgan fingerprint density at radius 3 is 2.30 bits per heavy atom. The van der Waals surface area contributed by atoms with Crippen molar-refractivity contribution in [1.29, 1.82) is 0 Å². The number of benzene rings is 3. The van der Waals surface area contributed by atoms with Crippen molar-refractivity contribution in [3.05, 3.63) is 83.7 Å². The van der Waals surface area contributed by atoms with Gasteiger partial charge < -0.3 is 20.1 Å². The van der Waals surface area contributed by atoms with Crippen LogP contribution >= 0.6 is 0 Å². The lowest BCUT2D eigenvalue weighted by Gasteiger charge is -2.26. The normalized spacial score (nSPS) is 15.0. The zero-order valence-corrected chi connectivity index (χ0v) is 16.8. The van der Waals surface area contributed by atoms with Crippen molar-refractivity contribution in [2.45, 2.75) is 12.3 Å². The fraction of sp³-hybridized carbons (Fsp3) is 0.130. The smallest absolute Gasteiger partial charge is 0.418 e. The fourth-order valence-corrected chi connectivity index (χ4v) is 3.13. The maximum atomic E-state index is 13.7. The highest BCUT2D eigenvalue weighted by molar-refractivity contribution is 6.04. The third kappa shape index (κ3) is 5.05. The van der Waals surface area contributed by atoms with Gasteiger partial charge in [0, 0.05) is 11.3 Å². The van der Waals surface area contributed by atoms with E-state index in [1.165, 1.54) is 18.2 Å². The van der Waals surface area contributed by atoms with Gasteiger partial charge in [0.05, 0.1) is 11.3 Å². The first-order chi connectivity index (χ1) is 15.7. The van der Waals surface area contributed by atoms with Crippen LogP contribution in [0.5, 0.6) is 11.5 Å². The molecule has 2 N–H and O–H groups in total. The Morgan fingerprint density at radius 1 is 0.909 bits per heavy atom. The molecule has 0 radical (unpaired) electrons. The zero-order chi connectivity index (χ0) is 23.6. The van der Waals surface area contributed by atoms with E-state index >= 15 is 0 Å². The van der Waals surface area contributed by atoms with E-state index in [0.717, 1.165) is 18.2 Å². The topological polar surface area (TPSA) is 76.7 Å². The lowest BCUT2D eigenvalue weighted by atomic mass is 10.1. The van der Waals surface area contributed by atoms with Gasteiger partial charge in [-0.05, 0) is 54.6 Å². The predicted octanol–water partition coefficient (Wildman–Crippen LogP) is 4.88. The Hall–Kier alpha value is -4.08. The quantitative estimate of drug-likeness (QED) is 0.545. The number of hydrogen-bond donors (Lipinski definition) is 2. The summed E-state index contributed by atoms with van der Waals surface area (Å²) >= 11 is 0. The molecule has 0 fully saturated rings. The summed E-state index contributed by atoms with van der Waals surface area (Å²) in [4.78, 5) is 24.8. The van der Waals surface area contributed by atoms with Crippen LogP contribution in [-0.4, -0.2) is 24.5 Å². The first kappa shape index (κ1) is 22.1. The molecule has 0 bridgehead atoms. The fourth-order valence-electron chi connectivity index (χ4n) is 3.13. The number of fused-ring (bicyclic) bond motifs is 1. The number of amides is 2. The van der Waals surface area contributed by atoms with Gasteiger partial charge in [-0.2, -0.15) is 13.2 Å². The minimum Gasteiger partial charge on any atom is -0.485 e. The average molecular weight is 460 g/mol. The second-order valence-electron chi connectivity index (χ2n) is 7.07. The number of halogens is 4. The number of para-hydroxylation sites is 2. The molecular weight excluding hydrogens is 444 g/mol. The van der Waals surface area contributed by atoms with Crippen molar-refractivity contribution in [2.75, 3.05) is 17.2 Å². The van der Waals surface area contributed by atoms with Crippen LogP contribution in [0.3, 0.4) is 0 Å². The van der Waals surface area contributed by atoms with Crippen molar-refractivity contribution in [3.63, 3.8) is 0 Å². The molecule has 0 aliphatic carbocycles. The third-order valence-corrected chi connectivity index (χ3v) is 4.75. The van der Waals surface area contributed by atoms with Gasteiger partial charge in [-0.3, -0.25) is 9.59 Å². The number of carbonyl (C=O) groups excluding carboxylic acids is 2. The van der Waals surface area contributed by atoms with Crippen LogP contribution in [0.15, 0.2) is 66.7 Å². The molecule has 0 saturated heterocycles. The number of rotatable bonds is 4. The number of carbonyl (C=O) groups is 2. The summed E-state index contributed by atoms with van der Waals surface area (Å²) in [6.07, 6.45) is -5.98. The van der Waals surface area contributed by atoms with E-state index in [1.807, 2.05) is 0 Å². The summed E-state index contributed by atoms with van der Waals surface area (Å²) in [5, 5.41) is 4.54. The van der Waals surface area contributed by atoms with Crippen LogP contribution in [0.4, 0.5) is 28.9 Å². The molecule has 0 saturated carbocycles. The van der Waals surface area contributed by atoms with Crippen LogP contribution in [0, 0.1) is 5.82 Å². The summed E-state index contributed by atoms with van der Waals surface area (Å²) in [5.41, 5.74) is -1.75. The zero-order valence-electron chi connectivity index (χ0n) is 16.8. The molecule has 1 atom stereocenters. The molecule has 10 heteroatoms. The molecule has 1 aliphatic rings.